The highest BCUT2D eigenvalue weighted by atomic mass is 35.5. The van der Waals surface area contributed by atoms with Gasteiger partial charge in [0.2, 0.25) is 5.91 Å². The van der Waals surface area contributed by atoms with Crippen molar-refractivity contribution in [2.24, 2.45) is 0 Å². The predicted octanol–water partition coefficient (Wildman–Crippen LogP) is 5.97. The molecule has 1 N–H and O–H groups in total. The van der Waals surface area contributed by atoms with Crippen LogP contribution in [0.4, 0.5) is 5.69 Å². The molecule has 0 atom stereocenters. The minimum Gasteiger partial charge on any atom is -0.495 e. The van der Waals surface area contributed by atoms with E-state index in [1.54, 1.807) is 31.4 Å². The molecule has 0 unspecified atom stereocenters. The van der Waals surface area contributed by atoms with Crippen molar-refractivity contribution in [2.75, 3.05) is 26.1 Å². The normalized spacial score (nSPS) is 10.8. The van der Waals surface area contributed by atoms with Crippen molar-refractivity contribution < 1.29 is 19.0 Å². The van der Waals surface area contributed by atoms with Gasteiger partial charge in [0.1, 0.15) is 5.75 Å². The maximum atomic E-state index is 12.3. The molecule has 0 heterocycles. The fourth-order valence-corrected chi connectivity index (χ4v) is 2.91. The molecule has 0 aromatic heterocycles. The molecule has 2 rings (SSSR count). The monoisotopic (exact) mass is 417 g/mol. The number of rotatable bonds is 11. The summed E-state index contributed by atoms with van der Waals surface area (Å²) < 4.78 is 16.5. The molecule has 0 aliphatic rings. The lowest BCUT2D eigenvalue weighted by Crippen LogP contribution is -2.08. The van der Waals surface area contributed by atoms with Gasteiger partial charge in [-0.2, -0.15) is 0 Å². The third-order valence-electron chi connectivity index (χ3n) is 4.29. The minimum absolute atomic E-state index is 0.291. The van der Waals surface area contributed by atoms with Gasteiger partial charge in [-0.15, -0.1) is 0 Å². The lowest BCUT2D eigenvalue weighted by Gasteiger charge is -2.11. The number of nitrogens with one attached hydrogen (secondary N) is 1. The zero-order valence-electron chi connectivity index (χ0n) is 17.2. The van der Waals surface area contributed by atoms with Crippen molar-refractivity contribution in [2.45, 2.75) is 32.6 Å². The lowest BCUT2D eigenvalue weighted by molar-refractivity contribution is -0.111. The van der Waals surface area contributed by atoms with Crippen molar-refractivity contribution in [3.05, 3.63) is 53.1 Å². The Bertz CT molecular complexity index is 836. The van der Waals surface area contributed by atoms with Crippen LogP contribution in [0.3, 0.4) is 0 Å². The van der Waals surface area contributed by atoms with Crippen molar-refractivity contribution >= 4 is 29.3 Å². The summed E-state index contributed by atoms with van der Waals surface area (Å²) in [4.78, 5) is 12.3. The van der Waals surface area contributed by atoms with E-state index < -0.39 is 0 Å². The first kappa shape index (κ1) is 22.6. The van der Waals surface area contributed by atoms with E-state index >= 15 is 0 Å². The van der Waals surface area contributed by atoms with Crippen LogP contribution in [-0.4, -0.2) is 26.7 Å². The predicted molar refractivity (Wildman–Crippen MR) is 118 cm³/mol. The van der Waals surface area contributed by atoms with Crippen LogP contribution in [0.5, 0.6) is 17.2 Å². The van der Waals surface area contributed by atoms with Gasteiger partial charge in [-0.25, -0.2) is 0 Å². The summed E-state index contributed by atoms with van der Waals surface area (Å²) >= 11 is 5.99. The van der Waals surface area contributed by atoms with Crippen molar-refractivity contribution in [1.29, 1.82) is 0 Å². The number of carbonyl (C=O) groups is 1. The molecule has 0 saturated carbocycles. The third kappa shape index (κ3) is 7.35. The number of anilines is 1. The topological polar surface area (TPSA) is 56.8 Å². The Balaban J connectivity index is 1.99. The summed E-state index contributed by atoms with van der Waals surface area (Å²) in [5.41, 5.74) is 1.34. The molecule has 1 amide bonds. The molecule has 0 aliphatic carbocycles. The molecule has 0 spiro atoms. The van der Waals surface area contributed by atoms with Crippen molar-refractivity contribution in [3.63, 3.8) is 0 Å². The smallest absolute Gasteiger partial charge is 0.248 e. The molecule has 0 bridgehead atoms. The van der Waals surface area contributed by atoms with E-state index in [-0.39, 0.29) is 5.91 Å². The second-order valence-electron chi connectivity index (χ2n) is 6.49. The van der Waals surface area contributed by atoms with Gasteiger partial charge in [0.05, 0.1) is 26.5 Å². The third-order valence-corrected chi connectivity index (χ3v) is 4.52. The molecular formula is C23H28ClNO4. The number of carbonyl (C=O) groups excluding carboxylic acids is 1. The van der Waals surface area contributed by atoms with Crippen LogP contribution in [0.15, 0.2) is 42.5 Å². The number of amides is 1. The van der Waals surface area contributed by atoms with E-state index in [1.807, 2.05) is 18.2 Å². The van der Waals surface area contributed by atoms with Gasteiger partial charge in [-0.1, -0.05) is 43.9 Å². The van der Waals surface area contributed by atoms with E-state index in [9.17, 15) is 4.79 Å². The Morgan fingerprint density at radius 2 is 1.76 bits per heavy atom. The van der Waals surface area contributed by atoms with Crippen LogP contribution in [0.1, 0.15) is 38.2 Å². The second kappa shape index (κ2) is 12.0. The quantitative estimate of drug-likeness (QED) is 0.361. The second-order valence-corrected chi connectivity index (χ2v) is 6.92. The average molecular weight is 418 g/mol. The first-order valence-electron chi connectivity index (χ1n) is 9.70. The molecule has 156 valence electrons. The largest absolute Gasteiger partial charge is 0.495 e. The van der Waals surface area contributed by atoms with Gasteiger partial charge in [-0.3, -0.25) is 4.79 Å². The van der Waals surface area contributed by atoms with E-state index in [0.29, 0.717) is 34.6 Å². The molecule has 0 fully saturated rings. The van der Waals surface area contributed by atoms with Gasteiger partial charge in [0, 0.05) is 11.1 Å². The van der Waals surface area contributed by atoms with Gasteiger partial charge >= 0.3 is 0 Å². The molecule has 0 radical (unpaired) electrons. The summed E-state index contributed by atoms with van der Waals surface area (Å²) in [5.74, 6) is 1.59. The fourth-order valence-electron chi connectivity index (χ4n) is 2.74. The highest BCUT2D eigenvalue weighted by Gasteiger charge is 2.07. The minimum atomic E-state index is -0.291. The zero-order chi connectivity index (χ0) is 21.1. The van der Waals surface area contributed by atoms with E-state index in [2.05, 4.69) is 12.2 Å². The van der Waals surface area contributed by atoms with Gasteiger partial charge in [-0.05, 0) is 48.4 Å². The lowest BCUT2D eigenvalue weighted by atomic mass is 10.2. The highest BCUT2D eigenvalue weighted by Crippen LogP contribution is 2.29. The Hall–Kier alpha value is -2.66. The Labute approximate surface area is 177 Å². The molecule has 29 heavy (non-hydrogen) atoms. The van der Waals surface area contributed by atoms with Crippen LogP contribution >= 0.6 is 11.6 Å². The number of hydrogen-bond acceptors (Lipinski definition) is 4. The molecule has 0 aliphatic heterocycles. The maximum absolute atomic E-state index is 12.3. The zero-order valence-corrected chi connectivity index (χ0v) is 17.9. The summed E-state index contributed by atoms with van der Waals surface area (Å²) in [6, 6.07) is 10.6. The summed E-state index contributed by atoms with van der Waals surface area (Å²) in [5, 5.41) is 3.28. The number of hydrogen-bond donors (Lipinski definition) is 1. The molecule has 0 saturated heterocycles. The Kier molecular flexibility index (Phi) is 9.38. The molecule has 5 nitrogen and oxygen atoms in total. The maximum Gasteiger partial charge on any atom is 0.248 e. The van der Waals surface area contributed by atoms with Crippen LogP contribution in [0, 0.1) is 0 Å². The number of ether oxygens (including phenoxy) is 3. The first-order valence-corrected chi connectivity index (χ1v) is 10.1. The number of methoxy groups -OCH3 is 2. The van der Waals surface area contributed by atoms with E-state index in [1.165, 1.54) is 26.0 Å². The summed E-state index contributed by atoms with van der Waals surface area (Å²) in [6.07, 6.45) is 7.74. The molecule has 6 heteroatoms. The van der Waals surface area contributed by atoms with Gasteiger partial charge < -0.3 is 19.5 Å². The number of benzene rings is 2. The van der Waals surface area contributed by atoms with Crippen LogP contribution in [0.2, 0.25) is 5.02 Å². The SMILES string of the molecule is CCCCCCOc1ccc(C=CC(=O)Nc2cc(Cl)ccc2OC)cc1OC. The van der Waals surface area contributed by atoms with E-state index in [0.717, 1.165) is 18.4 Å². The summed E-state index contributed by atoms with van der Waals surface area (Å²) in [6.45, 7) is 2.84. The number of unbranched alkanes of at least 4 members (excludes halogenated alkanes) is 3. The van der Waals surface area contributed by atoms with Crippen LogP contribution < -0.4 is 19.5 Å². The Morgan fingerprint density at radius 1 is 1.00 bits per heavy atom. The molecular weight excluding hydrogens is 390 g/mol. The number of halogens is 1. The standard InChI is InChI=1S/C23H28ClNO4/c1-4-5-6-7-14-29-21-11-8-17(15-22(21)28-3)9-13-23(26)25-19-16-18(24)10-12-20(19)27-2/h8-13,15-16H,4-7,14H2,1-3H3,(H,25,26). The Morgan fingerprint density at radius 3 is 2.48 bits per heavy atom. The van der Waals surface area contributed by atoms with Crippen molar-refractivity contribution in [1.82, 2.24) is 0 Å². The molecule has 2 aromatic rings. The summed E-state index contributed by atoms with van der Waals surface area (Å²) in [7, 11) is 3.14. The first-order chi connectivity index (χ1) is 14.1. The average Bonchev–Trinajstić information content (AvgIpc) is 2.72. The van der Waals surface area contributed by atoms with Crippen LogP contribution in [-0.2, 0) is 4.79 Å². The van der Waals surface area contributed by atoms with Gasteiger partial charge in [0.25, 0.3) is 0 Å². The van der Waals surface area contributed by atoms with Crippen molar-refractivity contribution in [3.8, 4) is 17.2 Å². The van der Waals surface area contributed by atoms with Crippen LogP contribution in [0.25, 0.3) is 6.08 Å². The van der Waals surface area contributed by atoms with E-state index in [4.69, 9.17) is 25.8 Å². The molecule has 2 aromatic carbocycles. The van der Waals surface area contributed by atoms with Gasteiger partial charge in [0.15, 0.2) is 11.5 Å². The highest BCUT2D eigenvalue weighted by molar-refractivity contribution is 6.31. The fraction of sp³-hybridized carbons (Fsp3) is 0.348.